The fourth-order valence-corrected chi connectivity index (χ4v) is 6.61. The molecular weight excluding hydrogens is 204 g/mol. The molecule has 3 heteroatoms. The van der Waals surface area contributed by atoms with Crippen LogP contribution in [0.2, 0.25) is 11.6 Å². The molecule has 1 aliphatic carbocycles. The second kappa shape index (κ2) is 6.66. The maximum Gasteiger partial charge on any atom is 0.341 e. The van der Waals surface area contributed by atoms with Crippen molar-refractivity contribution in [3.8, 4) is 0 Å². The molecular formula is C12H26O2Si. The first-order valence-electron chi connectivity index (χ1n) is 6.57. The molecule has 0 aliphatic heterocycles. The average Bonchev–Trinajstić information content (AvgIpc) is 2.30. The largest absolute Gasteiger partial charge is 0.394 e. The van der Waals surface area contributed by atoms with Crippen molar-refractivity contribution >= 4 is 8.56 Å². The second-order valence-corrected chi connectivity index (χ2v) is 8.09. The van der Waals surface area contributed by atoms with Crippen LogP contribution in [-0.2, 0) is 8.85 Å². The van der Waals surface area contributed by atoms with Gasteiger partial charge in [0, 0.05) is 18.8 Å². The summed E-state index contributed by atoms with van der Waals surface area (Å²) in [5.74, 6) is 0. The maximum absolute atomic E-state index is 6.08. The molecule has 0 atom stereocenters. The van der Waals surface area contributed by atoms with Gasteiger partial charge in [0.05, 0.1) is 0 Å². The van der Waals surface area contributed by atoms with E-state index < -0.39 is 8.56 Å². The molecule has 0 spiro atoms. The summed E-state index contributed by atoms with van der Waals surface area (Å²) in [6.07, 6.45) is 6.82. The fraction of sp³-hybridized carbons (Fsp3) is 1.00. The van der Waals surface area contributed by atoms with E-state index in [-0.39, 0.29) is 0 Å². The van der Waals surface area contributed by atoms with Gasteiger partial charge in [-0.1, -0.05) is 26.2 Å². The van der Waals surface area contributed by atoms with Crippen LogP contribution in [0.4, 0.5) is 0 Å². The minimum absolute atomic E-state index is 0.746. The van der Waals surface area contributed by atoms with Crippen LogP contribution >= 0.6 is 0 Å². The third-order valence-electron chi connectivity index (χ3n) is 3.50. The summed E-state index contributed by atoms with van der Waals surface area (Å²) in [4.78, 5) is 0. The van der Waals surface area contributed by atoms with Crippen LogP contribution in [0.15, 0.2) is 0 Å². The molecule has 0 amide bonds. The van der Waals surface area contributed by atoms with E-state index in [9.17, 15) is 0 Å². The van der Waals surface area contributed by atoms with E-state index in [1.165, 1.54) is 32.1 Å². The Labute approximate surface area is 95.6 Å². The number of hydrogen-bond donors (Lipinski definition) is 0. The smallest absolute Gasteiger partial charge is 0.341 e. The van der Waals surface area contributed by atoms with Crippen LogP contribution in [0.5, 0.6) is 0 Å². The Balaban J connectivity index is 2.66. The van der Waals surface area contributed by atoms with Crippen LogP contribution in [0, 0.1) is 0 Å². The number of hydrogen-bond acceptors (Lipinski definition) is 2. The molecule has 0 aromatic rings. The van der Waals surface area contributed by atoms with Crippen molar-refractivity contribution in [3.63, 3.8) is 0 Å². The zero-order chi connectivity index (χ0) is 11.1. The minimum atomic E-state index is -1.87. The van der Waals surface area contributed by atoms with Gasteiger partial charge >= 0.3 is 8.56 Å². The van der Waals surface area contributed by atoms with Crippen molar-refractivity contribution in [1.82, 2.24) is 0 Å². The number of rotatable bonds is 6. The summed E-state index contributed by atoms with van der Waals surface area (Å²) in [7, 11) is -1.87. The lowest BCUT2D eigenvalue weighted by Gasteiger charge is -2.38. The van der Waals surface area contributed by atoms with Gasteiger partial charge in [0.2, 0.25) is 0 Å². The van der Waals surface area contributed by atoms with E-state index in [1.807, 2.05) is 0 Å². The van der Waals surface area contributed by atoms with E-state index >= 15 is 0 Å². The van der Waals surface area contributed by atoms with E-state index in [2.05, 4.69) is 20.8 Å². The van der Waals surface area contributed by atoms with Gasteiger partial charge in [-0.15, -0.1) is 0 Å². The average molecular weight is 230 g/mol. The molecule has 1 rings (SSSR count). The van der Waals surface area contributed by atoms with Crippen molar-refractivity contribution in [2.45, 2.75) is 64.5 Å². The van der Waals surface area contributed by atoms with Crippen LogP contribution in [-0.4, -0.2) is 21.8 Å². The summed E-state index contributed by atoms with van der Waals surface area (Å²) < 4.78 is 12.2. The van der Waals surface area contributed by atoms with Crippen LogP contribution < -0.4 is 0 Å². The zero-order valence-electron chi connectivity index (χ0n) is 10.6. The highest BCUT2D eigenvalue weighted by atomic mass is 28.4. The molecule has 2 nitrogen and oxygen atoms in total. The van der Waals surface area contributed by atoms with Gasteiger partial charge in [-0.05, 0) is 32.7 Å². The summed E-state index contributed by atoms with van der Waals surface area (Å²) in [5.41, 5.74) is 0.746. The molecule has 0 radical (unpaired) electrons. The Bertz CT molecular complexity index is 161. The highest BCUT2D eigenvalue weighted by Gasteiger charge is 2.43. The summed E-state index contributed by atoms with van der Waals surface area (Å²) in [6.45, 7) is 8.07. The van der Waals surface area contributed by atoms with Crippen LogP contribution in [0.25, 0.3) is 0 Å². The van der Waals surface area contributed by atoms with Crippen molar-refractivity contribution in [2.24, 2.45) is 0 Å². The van der Waals surface area contributed by atoms with Gasteiger partial charge in [0.1, 0.15) is 0 Å². The lowest BCUT2D eigenvalue weighted by molar-refractivity contribution is 0.165. The quantitative estimate of drug-likeness (QED) is 0.645. The van der Waals surface area contributed by atoms with Crippen LogP contribution in [0.1, 0.15) is 52.9 Å². The molecule has 0 unspecified atom stereocenters. The fourth-order valence-electron chi connectivity index (χ4n) is 2.80. The Kier molecular flexibility index (Phi) is 5.86. The van der Waals surface area contributed by atoms with Gasteiger partial charge in [-0.2, -0.15) is 0 Å². The Morgan fingerprint density at radius 1 is 0.933 bits per heavy atom. The third kappa shape index (κ3) is 3.30. The molecule has 15 heavy (non-hydrogen) atoms. The first-order valence-corrected chi connectivity index (χ1v) is 8.67. The van der Waals surface area contributed by atoms with Gasteiger partial charge in [0.25, 0.3) is 0 Å². The monoisotopic (exact) mass is 230 g/mol. The molecule has 0 bridgehead atoms. The predicted molar refractivity (Wildman–Crippen MR) is 66.3 cm³/mol. The van der Waals surface area contributed by atoms with Crippen LogP contribution in [0.3, 0.4) is 0 Å². The zero-order valence-corrected chi connectivity index (χ0v) is 11.6. The van der Waals surface area contributed by atoms with Crippen molar-refractivity contribution < 1.29 is 8.85 Å². The van der Waals surface area contributed by atoms with E-state index in [0.717, 1.165) is 24.8 Å². The molecule has 0 heterocycles. The Morgan fingerprint density at radius 2 is 1.47 bits per heavy atom. The van der Waals surface area contributed by atoms with Crippen molar-refractivity contribution in [3.05, 3.63) is 0 Å². The lowest BCUT2D eigenvalue weighted by Crippen LogP contribution is -2.47. The van der Waals surface area contributed by atoms with E-state index in [0.29, 0.717) is 0 Å². The Morgan fingerprint density at radius 3 is 1.87 bits per heavy atom. The summed E-state index contributed by atoms with van der Waals surface area (Å²) >= 11 is 0. The van der Waals surface area contributed by atoms with E-state index in [1.54, 1.807) is 0 Å². The predicted octanol–water partition coefficient (Wildman–Crippen LogP) is 3.86. The molecule has 90 valence electrons. The highest BCUT2D eigenvalue weighted by molar-refractivity contribution is 6.69. The molecule has 0 aromatic carbocycles. The first kappa shape index (κ1) is 13.2. The highest BCUT2D eigenvalue weighted by Crippen LogP contribution is 2.40. The maximum atomic E-state index is 6.08. The molecule has 0 aromatic heterocycles. The molecule has 0 N–H and O–H groups in total. The molecule has 1 saturated carbocycles. The minimum Gasteiger partial charge on any atom is -0.394 e. The topological polar surface area (TPSA) is 18.5 Å². The Hall–Kier alpha value is 0.137. The summed E-state index contributed by atoms with van der Waals surface area (Å²) in [6, 6.07) is 1.11. The molecule has 1 fully saturated rings. The van der Waals surface area contributed by atoms with Gasteiger partial charge < -0.3 is 8.85 Å². The van der Waals surface area contributed by atoms with Gasteiger partial charge in [0.15, 0.2) is 0 Å². The SMILES string of the molecule is CCO[Si](CC)(OCC)C1CCCCC1. The van der Waals surface area contributed by atoms with Crippen molar-refractivity contribution in [1.29, 1.82) is 0 Å². The normalized spacial score (nSPS) is 19.4. The third-order valence-corrected chi connectivity index (χ3v) is 7.86. The molecule has 1 aliphatic rings. The van der Waals surface area contributed by atoms with E-state index in [4.69, 9.17) is 8.85 Å². The first-order chi connectivity index (χ1) is 7.29. The summed E-state index contributed by atoms with van der Waals surface area (Å²) in [5, 5.41) is 0. The standard InChI is InChI=1S/C12H26O2Si/c1-4-13-15(6-3,14-5-2)12-10-8-7-9-11-12/h12H,4-11H2,1-3H3. The molecule has 0 saturated heterocycles. The van der Waals surface area contributed by atoms with Crippen molar-refractivity contribution in [2.75, 3.05) is 13.2 Å². The van der Waals surface area contributed by atoms with Gasteiger partial charge in [-0.3, -0.25) is 0 Å². The second-order valence-electron chi connectivity index (χ2n) is 4.37. The van der Waals surface area contributed by atoms with Gasteiger partial charge in [-0.25, -0.2) is 0 Å². The lowest BCUT2D eigenvalue weighted by atomic mass is 10.0.